The van der Waals surface area contributed by atoms with E-state index in [1.807, 2.05) is 13.0 Å². The average Bonchev–Trinajstić information content (AvgIpc) is 2.64. The summed E-state index contributed by atoms with van der Waals surface area (Å²) in [5.41, 5.74) is 1.46. The molecule has 0 unspecified atom stereocenters. The Balaban J connectivity index is 2.24. The van der Waals surface area contributed by atoms with E-state index in [4.69, 9.17) is 0 Å². The van der Waals surface area contributed by atoms with Crippen LogP contribution in [0.5, 0.6) is 0 Å². The van der Waals surface area contributed by atoms with Crippen molar-refractivity contribution in [1.29, 1.82) is 0 Å². The van der Waals surface area contributed by atoms with Crippen LogP contribution >= 0.6 is 0 Å². The summed E-state index contributed by atoms with van der Waals surface area (Å²) < 4.78 is 0. The number of hydrogen-bond acceptors (Lipinski definition) is 4. The Bertz CT molecular complexity index is 431. The van der Waals surface area contributed by atoms with Crippen molar-refractivity contribution < 1.29 is 9.90 Å². The van der Waals surface area contributed by atoms with Gasteiger partial charge in [-0.1, -0.05) is 0 Å². The molecule has 0 amide bonds. The maximum atomic E-state index is 11.5. The van der Waals surface area contributed by atoms with Gasteiger partial charge >= 0.3 is 0 Å². The fraction of sp³-hybridized carbons (Fsp3) is 0.538. The van der Waals surface area contributed by atoms with Crippen LogP contribution in [0.4, 0.5) is 5.82 Å². The molecule has 0 spiro atoms. The van der Waals surface area contributed by atoms with E-state index in [-0.39, 0.29) is 17.9 Å². The molecule has 1 aliphatic rings. The molecule has 2 atom stereocenters. The van der Waals surface area contributed by atoms with E-state index < -0.39 is 0 Å². The summed E-state index contributed by atoms with van der Waals surface area (Å²) >= 11 is 0. The number of Topliss-reactive ketones (excluding diaryl/α,β-unsaturated/α-hetero) is 1. The summed E-state index contributed by atoms with van der Waals surface area (Å²) in [6.07, 6.45) is 2.42. The molecule has 0 radical (unpaired) electrons. The van der Waals surface area contributed by atoms with Crippen molar-refractivity contribution >= 4 is 11.6 Å². The lowest BCUT2D eigenvalue weighted by atomic mass is 10.1. The topological polar surface area (TPSA) is 62.2 Å². The van der Waals surface area contributed by atoms with Crippen LogP contribution in [-0.2, 0) is 0 Å². The van der Waals surface area contributed by atoms with Crippen molar-refractivity contribution in [3.8, 4) is 0 Å². The first-order chi connectivity index (χ1) is 8.08. The van der Waals surface area contributed by atoms with Gasteiger partial charge in [-0.2, -0.15) is 0 Å². The van der Waals surface area contributed by atoms with E-state index in [1.165, 1.54) is 6.92 Å². The zero-order chi connectivity index (χ0) is 12.4. The van der Waals surface area contributed by atoms with E-state index in [2.05, 4.69) is 10.3 Å². The quantitative estimate of drug-likeness (QED) is 0.784. The molecule has 4 nitrogen and oxygen atoms in total. The molecule has 0 aliphatic heterocycles. The Morgan fingerprint density at radius 3 is 2.82 bits per heavy atom. The highest BCUT2D eigenvalue weighted by molar-refractivity contribution is 5.98. The first-order valence-corrected chi connectivity index (χ1v) is 6.01. The fourth-order valence-corrected chi connectivity index (χ4v) is 2.24. The van der Waals surface area contributed by atoms with Gasteiger partial charge in [-0.3, -0.25) is 4.79 Å². The highest BCUT2D eigenvalue weighted by Crippen LogP contribution is 2.24. The van der Waals surface area contributed by atoms with Gasteiger partial charge in [0.1, 0.15) is 5.82 Å². The maximum Gasteiger partial charge on any atom is 0.163 e. The lowest BCUT2D eigenvalue weighted by Crippen LogP contribution is -2.29. The van der Waals surface area contributed by atoms with Gasteiger partial charge in [0.15, 0.2) is 5.78 Å². The van der Waals surface area contributed by atoms with Gasteiger partial charge in [-0.25, -0.2) is 4.98 Å². The molecule has 2 rings (SSSR count). The van der Waals surface area contributed by atoms with Crippen molar-refractivity contribution in [1.82, 2.24) is 4.98 Å². The Morgan fingerprint density at radius 2 is 2.24 bits per heavy atom. The maximum absolute atomic E-state index is 11.5. The highest BCUT2D eigenvalue weighted by Gasteiger charge is 2.26. The third-order valence-electron chi connectivity index (χ3n) is 3.22. The SMILES string of the molecule is CC(=O)c1ccc(C)nc1N[C@@H]1CCC[C@H]1O. The summed E-state index contributed by atoms with van der Waals surface area (Å²) in [6.45, 7) is 3.42. The van der Waals surface area contributed by atoms with Crippen LogP contribution in [0, 0.1) is 6.92 Å². The standard InChI is InChI=1S/C13H18N2O2/c1-8-6-7-10(9(2)16)13(14-8)15-11-4-3-5-12(11)17/h6-7,11-12,17H,3-5H2,1-2H3,(H,14,15)/t11-,12-/m1/s1. The van der Waals surface area contributed by atoms with Crippen LogP contribution < -0.4 is 5.32 Å². The monoisotopic (exact) mass is 234 g/mol. The van der Waals surface area contributed by atoms with Crippen LogP contribution in [0.1, 0.15) is 42.2 Å². The molecular formula is C13H18N2O2. The lowest BCUT2D eigenvalue weighted by Gasteiger charge is -2.19. The van der Waals surface area contributed by atoms with Crippen LogP contribution in [0.3, 0.4) is 0 Å². The van der Waals surface area contributed by atoms with Crippen LogP contribution in [-0.4, -0.2) is 28.0 Å². The number of aromatic nitrogens is 1. The first-order valence-electron chi connectivity index (χ1n) is 6.01. The van der Waals surface area contributed by atoms with Gasteiger partial charge in [0.25, 0.3) is 0 Å². The summed E-state index contributed by atoms with van der Waals surface area (Å²) in [6, 6.07) is 3.63. The van der Waals surface area contributed by atoms with Crippen LogP contribution in [0.25, 0.3) is 0 Å². The number of carbonyl (C=O) groups excluding carboxylic acids is 1. The first kappa shape index (κ1) is 12.0. The van der Waals surface area contributed by atoms with E-state index in [1.54, 1.807) is 6.07 Å². The number of carbonyl (C=O) groups is 1. The van der Waals surface area contributed by atoms with Crippen molar-refractivity contribution in [2.75, 3.05) is 5.32 Å². The largest absolute Gasteiger partial charge is 0.391 e. The molecule has 1 aromatic heterocycles. The number of pyridine rings is 1. The molecule has 0 bridgehead atoms. The van der Waals surface area contributed by atoms with Gasteiger partial charge < -0.3 is 10.4 Å². The van der Waals surface area contributed by atoms with Crippen molar-refractivity contribution in [3.05, 3.63) is 23.4 Å². The predicted octanol–water partition coefficient (Wildman–Crippen LogP) is 1.92. The van der Waals surface area contributed by atoms with Gasteiger partial charge in [0.2, 0.25) is 0 Å². The predicted molar refractivity (Wildman–Crippen MR) is 66.2 cm³/mol. The molecule has 1 saturated carbocycles. The molecule has 1 heterocycles. The smallest absolute Gasteiger partial charge is 0.163 e. The second-order valence-corrected chi connectivity index (χ2v) is 4.65. The summed E-state index contributed by atoms with van der Waals surface area (Å²) in [4.78, 5) is 15.8. The molecule has 17 heavy (non-hydrogen) atoms. The normalized spacial score (nSPS) is 23.7. The number of anilines is 1. The van der Waals surface area contributed by atoms with Crippen LogP contribution in [0.15, 0.2) is 12.1 Å². The van der Waals surface area contributed by atoms with E-state index >= 15 is 0 Å². The number of aliphatic hydroxyl groups is 1. The van der Waals surface area contributed by atoms with Crippen molar-refractivity contribution in [2.24, 2.45) is 0 Å². The van der Waals surface area contributed by atoms with Gasteiger partial charge in [-0.05, 0) is 45.2 Å². The number of hydrogen-bond donors (Lipinski definition) is 2. The zero-order valence-corrected chi connectivity index (χ0v) is 10.2. The Kier molecular flexibility index (Phi) is 3.43. The lowest BCUT2D eigenvalue weighted by molar-refractivity contribution is 0.101. The molecule has 1 aliphatic carbocycles. The van der Waals surface area contributed by atoms with E-state index in [9.17, 15) is 9.90 Å². The summed E-state index contributed by atoms with van der Waals surface area (Å²) in [5.74, 6) is 0.593. The number of ketones is 1. The number of nitrogens with zero attached hydrogens (tertiary/aromatic N) is 1. The summed E-state index contributed by atoms with van der Waals surface area (Å²) in [7, 11) is 0. The van der Waals surface area contributed by atoms with E-state index in [0.29, 0.717) is 11.4 Å². The Labute approximate surface area is 101 Å². The third kappa shape index (κ3) is 2.64. The molecule has 92 valence electrons. The molecular weight excluding hydrogens is 216 g/mol. The average molecular weight is 234 g/mol. The molecule has 0 saturated heterocycles. The second-order valence-electron chi connectivity index (χ2n) is 4.65. The van der Waals surface area contributed by atoms with E-state index in [0.717, 1.165) is 25.0 Å². The number of nitrogens with one attached hydrogen (secondary N) is 1. The number of aryl methyl sites for hydroxylation is 1. The molecule has 1 aromatic rings. The van der Waals surface area contributed by atoms with Crippen molar-refractivity contribution in [3.63, 3.8) is 0 Å². The minimum absolute atomic E-state index is 0.00696. The zero-order valence-electron chi connectivity index (χ0n) is 10.2. The fourth-order valence-electron chi connectivity index (χ4n) is 2.24. The Morgan fingerprint density at radius 1 is 1.47 bits per heavy atom. The highest BCUT2D eigenvalue weighted by atomic mass is 16.3. The molecule has 1 fully saturated rings. The second kappa shape index (κ2) is 4.84. The van der Waals surface area contributed by atoms with Gasteiger partial charge in [0, 0.05) is 5.69 Å². The number of rotatable bonds is 3. The minimum Gasteiger partial charge on any atom is -0.391 e. The molecule has 4 heteroatoms. The third-order valence-corrected chi connectivity index (χ3v) is 3.22. The van der Waals surface area contributed by atoms with Gasteiger partial charge in [-0.15, -0.1) is 0 Å². The van der Waals surface area contributed by atoms with Crippen molar-refractivity contribution in [2.45, 2.75) is 45.3 Å². The summed E-state index contributed by atoms with van der Waals surface area (Å²) in [5, 5.41) is 13.0. The molecule has 2 N–H and O–H groups in total. The molecule has 0 aromatic carbocycles. The van der Waals surface area contributed by atoms with Gasteiger partial charge in [0.05, 0.1) is 17.7 Å². The minimum atomic E-state index is -0.336. The number of aliphatic hydroxyl groups excluding tert-OH is 1. The van der Waals surface area contributed by atoms with Crippen LogP contribution in [0.2, 0.25) is 0 Å². The Hall–Kier alpha value is -1.42.